The summed E-state index contributed by atoms with van der Waals surface area (Å²) in [5, 5.41) is 2.95. The van der Waals surface area contributed by atoms with Gasteiger partial charge in [0.05, 0.1) is 50.3 Å². The van der Waals surface area contributed by atoms with Crippen molar-refractivity contribution in [2.24, 2.45) is 0 Å². The van der Waals surface area contributed by atoms with Crippen LogP contribution in [0.1, 0.15) is 13.3 Å². The van der Waals surface area contributed by atoms with Crippen molar-refractivity contribution in [3.63, 3.8) is 0 Å². The number of quaternary nitrogens is 1. The molecule has 26 heavy (non-hydrogen) atoms. The van der Waals surface area contributed by atoms with E-state index in [9.17, 15) is 13.2 Å². The minimum atomic E-state index is -3.01. The number of nitrogens with one attached hydrogen (secondary N) is 2. The van der Waals surface area contributed by atoms with Gasteiger partial charge in [0.25, 0.3) is 5.91 Å². The second kappa shape index (κ2) is 7.44. The third kappa shape index (κ3) is 4.67. The molecule has 2 heterocycles. The van der Waals surface area contributed by atoms with Crippen LogP contribution in [0.15, 0.2) is 24.3 Å². The van der Waals surface area contributed by atoms with Gasteiger partial charge in [0, 0.05) is 11.8 Å². The summed E-state index contributed by atoms with van der Waals surface area (Å²) >= 11 is 0. The molecule has 1 atom stereocenters. The highest BCUT2D eigenvalue weighted by Crippen LogP contribution is 2.22. The van der Waals surface area contributed by atoms with Crippen LogP contribution in [-0.2, 0) is 14.6 Å². The van der Waals surface area contributed by atoms with Crippen LogP contribution in [0, 0.1) is 0 Å². The van der Waals surface area contributed by atoms with Gasteiger partial charge in [-0.25, -0.2) is 8.42 Å². The standard InChI is InChI=1S/C18H27N3O4S/c1-18(6-11-26(23,24)14-18)19-17(22)13-20-7-9-21(10-8-20)15-4-3-5-16(12-15)25-2/h3-5,12H,6-11,13-14H2,1-2H3,(H,19,22)/p+1/t18-/m0/s1. The summed E-state index contributed by atoms with van der Waals surface area (Å²) in [7, 11) is -1.35. The number of anilines is 1. The number of sulfone groups is 1. The quantitative estimate of drug-likeness (QED) is 0.690. The Morgan fingerprint density at radius 3 is 2.69 bits per heavy atom. The molecule has 7 nitrogen and oxygen atoms in total. The number of hydrogen-bond acceptors (Lipinski definition) is 5. The third-order valence-corrected chi connectivity index (χ3v) is 7.15. The van der Waals surface area contributed by atoms with Gasteiger partial charge in [-0.15, -0.1) is 0 Å². The largest absolute Gasteiger partial charge is 0.497 e. The molecular weight excluding hydrogens is 354 g/mol. The number of amides is 1. The van der Waals surface area contributed by atoms with Gasteiger partial charge in [-0.2, -0.15) is 0 Å². The Morgan fingerprint density at radius 1 is 1.35 bits per heavy atom. The average Bonchev–Trinajstić information content (AvgIpc) is 2.88. The van der Waals surface area contributed by atoms with Gasteiger partial charge in [-0.05, 0) is 25.5 Å². The molecule has 0 saturated carbocycles. The van der Waals surface area contributed by atoms with Crippen LogP contribution < -0.4 is 19.9 Å². The van der Waals surface area contributed by atoms with Crippen LogP contribution in [0.5, 0.6) is 5.75 Å². The van der Waals surface area contributed by atoms with Gasteiger partial charge in [0.1, 0.15) is 5.75 Å². The van der Waals surface area contributed by atoms with Crippen LogP contribution in [0.25, 0.3) is 0 Å². The van der Waals surface area contributed by atoms with Crippen molar-refractivity contribution >= 4 is 21.4 Å². The lowest BCUT2D eigenvalue weighted by Gasteiger charge is -2.34. The Hall–Kier alpha value is -1.80. The van der Waals surface area contributed by atoms with Gasteiger partial charge in [-0.3, -0.25) is 4.79 Å². The summed E-state index contributed by atoms with van der Waals surface area (Å²) in [6, 6.07) is 8.01. The SMILES string of the molecule is COc1cccc(N2CC[NH+](CC(=O)N[C@@]3(C)CCS(=O)(=O)C3)CC2)c1. The first-order valence-electron chi connectivity index (χ1n) is 9.03. The highest BCUT2D eigenvalue weighted by molar-refractivity contribution is 7.91. The van der Waals surface area contributed by atoms with Crippen LogP contribution >= 0.6 is 0 Å². The molecule has 2 saturated heterocycles. The van der Waals surface area contributed by atoms with Crippen molar-refractivity contribution < 1.29 is 22.8 Å². The number of piperazine rings is 1. The first kappa shape index (κ1) is 19.0. The van der Waals surface area contributed by atoms with E-state index >= 15 is 0 Å². The highest BCUT2D eigenvalue weighted by Gasteiger charge is 2.40. The summed E-state index contributed by atoms with van der Waals surface area (Å²) in [5.74, 6) is 0.992. The summed E-state index contributed by atoms with van der Waals surface area (Å²) in [6.45, 7) is 5.72. The maximum Gasteiger partial charge on any atom is 0.275 e. The zero-order chi connectivity index (χ0) is 18.8. The summed E-state index contributed by atoms with van der Waals surface area (Å²) in [6.07, 6.45) is 0.500. The lowest BCUT2D eigenvalue weighted by molar-refractivity contribution is -0.892. The van der Waals surface area contributed by atoms with Crippen LogP contribution in [0.2, 0.25) is 0 Å². The number of hydrogen-bond donors (Lipinski definition) is 2. The zero-order valence-corrected chi connectivity index (χ0v) is 16.3. The van der Waals surface area contributed by atoms with E-state index in [1.165, 1.54) is 4.90 Å². The van der Waals surface area contributed by atoms with E-state index in [4.69, 9.17) is 4.74 Å². The summed E-state index contributed by atoms with van der Waals surface area (Å²) < 4.78 is 28.6. The Morgan fingerprint density at radius 2 is 2.08 bits per heavy atom. The molecule has 2 aliphatic heterocycles. The number of methoxy groups -OCH3 is 1. The Bertz CT molecular complexity index is 759. The second-order valence-electron chi connectivity index (χ2n) is 7.57. The van der Waals surface area contributed by atoms with Crippen LogP contribution in [0.3, 0.4) is 0 Å². The molecule has 0 unspecified atom stereocenters. The van der Waals surface area contributed by atoms with Crippen molar-refractivity contribution in [1.29, 1.82) is 0 Å². The first-order chi connectivity index (χ1) is 12.3. The monoisotopic (exact) mass is 382 g/mol. The first-order valence-corrected chi connectivity index (χ1v) is 10.8. The predicted octanol–water partition coefficient (Wildman–Crippen LogP) is -0.906. The summed E-state index contributed by atoms with van der Waals surface area (Å²) in [4.78, 5) is 15.9. The van der Waals surface area contributed by atoms with E-state index in [1.807, 2.05) is 25.1 Å². The summed E-state index contributed by atoms with van der Waals surface area (Å²) in [5.41, 5.74) is 0.522. The fraction of sp³-hybridized carbons (Fsp3) is 0.611. The molecule has 144 valence electrons. The fourth-order valence-corrected chi connectivity index (χ4v) is 5.88. The van der Waals surface area contributed by atoms with E-state index in [0.29, 0.717) is 13.0 Å². The molecule has 0 aliphatic carbocycles. The maximum absolute atomic E-state index is 12.4. The minimum absolute atomic E-state index is 0.0463. The molecule has 8 heteroatoms. The number of ether oxygens (including phenoxy) is 1. The lowest BCUT2D eigenvalue weighted by Crippen LogP contribution is -3.16. The van der Waals surface area contributed by atoms with E-state index in [1.54, 1.807) is 7.11 Å². The van der Waals surface area contributed by atoms with Crippen LogP contribution in [0.4, 0.5) is 5.69 Å². The highest BCUT2D eigenvalue weighted by atomic mass is 32.2. The maximum atomic E-state index is 12.4. The van der Waals surface area contributed by atoms with Crippen molar-refractivity contribution in [3.8, 4) is 5.75 Å². The number of nitrogens with zero attached hydrogens (tertiary/aromatic N) is 1. The average molecular weight is 383 g/mol. The van der Waals surface area contributed by atoms with E-state index in [2.05, 4.69) is 16.3 Å². The van der Waals surface area contributed by atoms with Gasteiger partial charge in [0.15, 0.2) is 16.4 Å². The smallest absolute Gasteiger partial charge is 0.275 e. The van der Waals surface area contributed by atoms with E-state index in [0.717, 1.165) is 37.6 Å². The molecule has 1 aromatic rings. The number of carbonyl (C=O) groups excluding carboxylic acids is 1. The van der Waals surface area contributed by atoms with Gasteiger partial charge >= 0.3 is 0 Å². The van der Waals surface area contributed by atoms with E-state index in [-0.39, 0.29) is 17.4 Å². The van der Waals surface area contributed by atoms with Gasteiger partial charge in [-0.1, -0.05) is 6.07 Å². The van der Waals surface area contributed by atoms with E-state index < -0.39 is 15.4 Å². The Balaban J connectivity index is 1.48. The van der Waals surface area contributed by atoms with Crippen molar-refractivity contribution in [2.75, 3.05) is 56.2 Å². The fourth-order valence-electron chi connectivity index (χ4n) is 3.78. The number of carbonyl (C=O) groups is 1. The number of benzene rings is 1. The molecule has 0 bridgehead atoms. The molecule has 0 radical (unpaired) electrons. The Labute approximate surface area is 155 Å². The molecule has 2 aliphatic rings. The number of rotatable bonds is 5. The van der Waals surface area contributed by atoms with Crippen molar-refractivity contribution in [3.05, 3.63) is 24.3 Å². The molecule has 1 amide bonds. The Kier molecular flexibility index (Phi) is 5.43. The molecule has 0 spiro atoms. The van der Waals surface area contributed by atoms with Gasteiger partial charge < -0.3 is 19.9 Å². The molecule has 1 aromatic carbocycles. The third-order valence-electron chi connectivity index (χ3n) is 5.24. The molecule has 0 aromatic heterocycles. The molecule has 3 rings (SSSR count). The lowest BCUT2D eigenvalue weighted by atomic mass is 10.0. The van der Waals surface area contributed by atoms with Crippen LogP contribution in [-0.4, -0.2) is 71.2 Å². The predicted molar refractivity (Wildman–Crippen MR) is 101 cm³/mol. The van der Waals surface area contributed by atoms with Gasteiger partial charge in [0.2, 0.25) is 0 Å². The zero-order valence-electron chi connectivity index (χ0n) is 15.5. The van der Waals surface area contributed by atoms with Crippen molar-refractivity contribution in [2.45, 2.75) is 18.9 Å². The minimum Gasteiger partial charge on any atom is -0.497 e. The molecular formula is C18H28N3O4S+. The van der Waals surface area contributed by atoms with Crippen molar-refractivity contribution in [1.82, 2.24) is 5.32 Å². The topological polar surface area (TPSA) is 80.2 Å². The normalized spacial score (nSPS) is 25.8. The molecule has 2 fully saturated rings. The molecule has 2 N–H and O–H groups in total. The second-order valence-corrected chi connectivity index (χ2v) is 9.75.